The quantitative estimate of drug-likeness (QED) is 0.565. The Hall–Kier alpha value is -2.23. The first-order valence-corrected chi connectivity index (χ1v) is 8.82. The molecule has 0 saturated heterocycles. The number of rotatable bonds is 5. The fourth-order valence-corrected chi connectivity index (χ4v) is 4.05. The summed E-state index contributed by atoms with van der Waals surface area (Å²) >= 11 is 3.20. The molecule has 3 aromatic rings. The summed E-state index contributed by atoms with van der Waals surface area (Å²) in [5.41, 5.74) is 2.57. The number of benzene rings is 1. The minimum Gasteiger partial charge on any atom is -0.451 e. The number of hydrogen-bond donors (Lipinski definition) is 1. The van der Waals surface area contributed by atoms with Crippen molar-refractivity contribution in [3.05, 3.63) is 46.7 Å². The molecule has 2 heterocycles. The highest BCUT2D eigenvalue weighted by atomic mass is 32.2. The van der Waals surface area contributed by atoms with Crippen LogP contribution in [0.5, 0.6) is 0 Å². The predicted molar refractivity (Wildman–Crippen MR) is 93.8 cm³/mol. The minimum absolute atomic E-state index is 0.175. The smallest absolute Gasteiger partial charge is 0.288 e. The normalized spacial score (nSPS) is 10.6. The summed E-state index contributed by atoms with van der Waals surface area (Å²) in [6, 6.07) is 7.63. The van der Waals surface area contributed by atoms with Gasteiger partial charge in [0.05, 0.1) is 6.54 Å². The van der Waals surface area contributed by atoms with E-state index in [2.05, 4.69) is 16.2 Å². The van der Waals surface area contributed by atoms with Crippen molar-refractivity contribution < 1.29 is 9.21 Å². The first-order valence-electron chi connectivity index (χ1n) is 6.96. The van der Waals surface area contributed by atoms with Gasteiger partial charge in [0.15, 0.2) is 5.76 Å². The number of thioether (sulfide) groups is 1. The molecule has 0 aliphatic heterocycles. The summed E-state index contributed by atoms with van der Waals surface area (Å²) in [5, 5.41) is 5.62. The van der Waals surface area contributed by atoms with Gasteiger partial charge in [0.1, 0.15) is 9.92 Å². The lowest BCUT2D eigenvalue weighted by Crippen LogP contribution is -2.23. The van der Waals surface area contributed by atoms with E-state index in [1.165, 1.54) is 0 Å². The number of fused-ring (bicyclic) bond motifs is 1. The highest BCUT2D eigenvalue weighted by Crippen LogP contribution is 2.33. The van der Waals surface area contributed by atoms with Crippen molar-refractivity contribution in [1.82, 2.24) is 10.3 Å². The van der Waals surface area contributed by atoms with Gasteiger partial charge in [-0.2, -0.15) is 0 Å². The molecule has 1 aromatic carbocycles. The zero-order valence-electron chi connectivity index (χ0n) is 12.5. The van der Waals surface area contributed by atoms with E-state index >= 15 is 0 Å². The fraction of sp³-hybridized carbons (Fsp3) is 0.176. The van der Waals surface area contributed by atoms with Gasteiger partial charge < -0.3 is 9.73 Å². The largest absolute Gasteiger partial charge is 0.451 e. The average Bonchev–Trinajstić information content (AvgIpc) is 3.14. The highest BCUT2D eigenvalue weighted by Gasteiger charge is 2.20. The number of furan rings is 1. The molecule has 1 N–H and O–H groups in total. The number of para-hydroxylation sites is 1. The van der Waals surface area contributed by atoms with E-state index in [0.717, 1.165) is 21.0 Å². The molecule has 0 fully saturated rings. The number of aryl methyl sites for hydroxylation is 1. The van der Waals surface area contributed by atoms with Crippen molar-refractivity contribution in [2.24, 2.45) is 0 Å². The number of carbonyl (C=O) groups excluding carboxylic acids is 1. The third-order valence-corrected chi connectivity index (χ3v) is 5.36. The van der Waals surface area contributed by atoms with Crippen LogP contribution < -0.4 is 5.32 Å². The van der Waals surface area contributed by atoms with Crippen LogP contribution >= 0.6 is 23.1 Å². The monoisotopic (exact) mass is 342 g/mol. The molecule has 0 aliphatic carbocycles. The van der Waals surface area contributed by atoms with E-state index in [0.29, 0.717) is 17.1 Å². The third kappa shape index (κ3) is 3.41. The van der Waals surface area contributed by atoms with Crippen LogP contribution in [0.4, 0.5) is 0 Å². The van der Waals surface area contributed by atoms with Crippen LogP contribution in [0.15, 0.2) is 38.4 Å². The van der Waals surface area contributed by atoms with E-state index in [1.54, 1.807) is 23.1 Å². The SMILES string of the molecule is C#CCNC(=O)c1oc2ccccc2c1CSc1nc(C)cs1. The molecule has 6 heteroatoms. The first kappa shape index (κ1) is 15.7. The number of aromatic nitrogens is 1. The lowest BCUT2D eigenvalue weighted by Gasteiger charge is -2.02. The van der Waals surface area contributed by atoms with Gasteiger partial charge in [-0.3, -0.25) is 4.79 Å². The van der Waals surface area contributed by atoms with E-state index in [9.17, 15) is 4.79 Å². The van der Waals surface area contributed by atoms with Gasteiger partial charge in [-0.25, -0.2) is 4.98 Å². The lowest BCUT2D eigenvalue weighted by molar-refractivity contribution is 0.0932. The average molecular weight is 342 g/mol. The molecule has 0 unspecified atom stereocenters. The second-order valence-corrected chi connectivity index (χ2v) is 6.92. The maximum atomic E-state index is 12.3. The van der Waals surface area contributed by atoms with Crippen LogP contribution in [0.2, 0.25) is 0 Å². The molecule has 4 nitrogen and oxygen atoms in total. The predicted octanol–water partition coefficient (Wildman–Crippen LogP) is 3.85. The van der Waals surface area contributed by atoms with Gasteiger partial charge >= 0.3 is 0 Å². The van der Waals surface area contributed by atoms with Crippen LogP contribution in [0.3, 0.4) is 0 Å². The van der Waals surface area contributed by atoms with Gasteiger partial charge in [-0.1, -0.05) is 35.9 Å². The maximum absolute atomic E-state index is 12.3. The third-order valence-electron chi connectivity index (χ3n) is 3.19. The number of nitrogens with zero attached hydrogens (tertiary/aromatic N) is 1. The van der Waals surface area contributed by atoms with E-state index in [4.69, 9.17) is 10.8 Å². The Balaban J connectivity index is 1.92. The van der Waals surface area contributed by atoms with Crippen LogP contribution in [0.1, 0.15) is 21.8 Å². The molecule has 116 valence electrons. The van der Waals surface area contributed by atoms with Crippen molar-refractivity contribution >= 4 is 40.0 Å². The Labute approximate surface area is 142 Å². The highest BCUT2D eigenvalue weighted by molar-refractivity contribution is 8.00. The number of thiazole rings is 1. The van der Waals surface area contributed by atoms with E-state index in [1.807, 2.05) is 36.6 Å². The Morgan fingerprint density at radius 1 is 1.48 bits per heavy atom. The molecule has 0 aliphatic rings. The Morgan fingerprint density at radius 3 is 3.04 bits per heavy atom. The van der Waals surface area contributed by atoms with Crippen molar-refractivity contribution in [2.75, 3.05) is 6.54 Å². The zero-order valence-corrected chi connectivity index (χ0v) is 14.1. The number of carbonyl (C=O) groups is 1. The van der Waals surface area contributed by atoms with Crippen LogP contribution in [0, 0.1) is 19.3 Å². The van der Waals surface area contributed by atoms with Gasteiger partial charge in [-0.15, -0.1) is 17.8 Å². The fourth-order valence-electron chi connectivity index (χ4n) is 2.17. The molecule has 0 atom stereocenters. The molecule has 2 aromatic heterocycles. The zero-order chi connectivity index (χ0) is 16.2. The summed E-state index contributed by atoms with van der Waals surface area (Å²) in [6.45, 7) is 2.14. The number of terminal acetylenes is 1. The Kier molecular flexibility index (Phi) is 4.70. The van der Waals surface area contributed by atoms with Crippen LogP contribution in [0.25, 0.3) is 11.0 Å². The van der Waals surface area contributed by atoms with E-state index in [-0.39, 0.29) is 12.5 Å². The molecule has 0 saturated carbocycles. The lowest BCUT2D eigenvalue weighted by atomic mass is 10.1. The van der Waals surface area contributed by atoms with Gasteiger partial charge in [0.25, 0.3) is 5.91 Å². The molecular weight excluding hydrogens is 328 g/mol. The standard InChI is InChI=1S/C17H14N2O2S2/c1-3-8-18-16(20)15-13(10-23-17-19-11(2)9-22-17)12-6-4-5-7-14(12)21-15/h1,4-7,9H,8,10H2,2H3,(H,18,20). The summed E-state index contributed by atoms with van der Waals surface area (Å²) in [4.78, 5) is 16.7. The van der Waals surface area contributed by atoms with Crippen LogP contribution in [-0.4, -0.2) is 17.4 Å². The summed E-state index contributed by atoms with van der Waals surface area (Å²) in [7, 11) is 0. The Morgan fingerprint density at radius 2 is 2.30 bits per heavy atom. The molecule has 3 rings (SSSR count). The van der Waals surface area contributed by atoms with E-state index < -0.39 is 0 Å². The molecule has 1 amide bonds. The van der Waals surface area contributed by atoms with Crippen molar-refractivity contribution in [2.45, 2.75) is 17.0 Å². The second-order valence-electron chi connectivity index (χ2n) is 4.84. The summed E-state index contributed by atoms with van der Waals surface area (Å²) in [5.74, 6) is 3.04. The van der Waals surface area contributed by atoms with Gasteiger partial charge in [-0.05, 0) is 13.0 Å². The van der Waals surface area contributed by atoms with Gasteiger partial charge in [0.2, 0.25) is 0 Å². The van der Waals surface area contributed by atoms with Gasteiger partial charge in [0, 0.05) is 27.8 Å². The molecular formula is C17H14N2O2S2. The first-order chi connectivity index (χ1) is 11.2. The Bertz CT molecular complexity index is 890. The molecule has 0 bridgehead atoms. The second kappa shape index (κ2) is 6.90. The summed E-state index contributed by atoms with van der Waals surface area (Å²) in [6.07, 6.45) is 5.20. The minimum atomic E-state index is -0.287. The summed E-state index contributed by atoms with van der Waals surface area (Å²) < 4.78 is 6.72. The molecule has 0 spiro atoms. The number of amides is 1. The topological polar surface area (TPSA) is 55.1 Å². The maximum Gasteiger partial charge on any atom is 0.288 e. The molecule has 23 heavy (non-hydrogen) atoms. The number of hydrogen-bond acceptors (Lipinski definition) is 5. The van der Waals surface area contributed by atoms with Crippen molar-refractivity contribution in [3.63, 3.8) is 0 Å². The van der Waals surface area contributed by atoms with Crippen molar-refractivity contribution in [1.29, 1.82) is 0 Å². The number of nitrogens with one attached hydrogen (secondary N) is 1. The van der Waals surface area contributed by atoms with Crippen LogP contribution in [-0.2, 0) is 5.75 Å². The van der Waals surface area contributed by atoms with Crippen molar-refractivity contribution in [3.8, 4) is 12.3 Å². The molecule has 0 radical (unpaired) electrons.